The number of thioether (sulfide) groups is 1. The summed E-state index contributed by atoms with van der Waals surface area (Å²) in [6, 6.07) is 9.48. The highest BCUT2D eigenvalue weighted by molar-refractivity contribution is 8.10. The highest BCUT2D eigenvalue weighted by Crippen LogP contribution is 2.42. The Morgan fingerprint density at radius 3 is 2.33 bits per heavy atom. The predicted molar refractivity (Wildman–Crippen MR) is 156 cm³/mol. The summed E-state index contributed by atoms with van der Waals surface area (Å²) in [5.74, 6) is -2.10. The maximum Gasteiger partial charge on any atom is 0.357 e. The van der Waals surface area contributed by atoms with Gasteiger partial charge in [0.25, 0.3) is 0 Å². The van der Waals surface area contributed by atoms with E-state index < -0.39 is 23.1 Å². The van der Waals surface area contributed by atoms with Gasteiger partial charge < -0.3 is 15.2 Å². The summed E-state index contributed by atoms with van der Waals surface area (Å²) in [6.45, 7) is 2.07. The molecule has 3 aromatic rings. The number of methoxy groups -OCH3 is 1. The second-order valence-electron chi connectivity index (χ2n) is 8.48. The molecule has 0 aliphatic carbocycles. The van der Waals surface area contributed by atoms with Crippen molar-refractivity contribution in [2.45, 2.75) is 25.0 Å². The van der Waals surface area contributed by atoms with Crippen LogP contribution in [0.4, 0.5) is 5.69 Å². The number of anilines is 1. The molecule has 39 heavy (non-hydrogen) atoms. The Morgan fingerprint density at radius 2 is 1.72 bits per heavy atom. The summed E-state index contributed by atoms with van der Waals surface area (Å²) in [5.41, 5.74) is 7.15. The monoisotopic (exact) mass is 626 g/mol. The van der Waals surface area contributed by atoms with Gasteiger partial charge in [0.15, 0.2) is 5.69 Å². The minimum Gasteiger partial charge on any atom is -0.465 e. The maximum atomic E-state index is 14.1. The highest BCUT2D eigenvalue weighted by Gasteiger charge is 2.39. The van der Waals surface area contributed by atoms with Crippen LogP contribution in [0.1, 0.15) is 51.4 Å². The number of nitrogens with two attached hydrogens (primary N) is 1. The molecule has 1 atom stereocenters. The predicted octanol–water partition coefficient (Wildman–Crippen LogP) is 5.88. The molecule has 7 nitrogen and oxygen atoms in total. The number of rotatable bonds is 7. The molecule has 0 fully saturated rings. The number of fused-ring (bicyclic) bond motifs is 1. The van der Waals surface area contributed by atoms with Crippen molar-refractivity contribution in [1.82, 2.24) is 4.57 Å². The second-order valence-corrected chi connectivity index (χ2v) is 11.3. The number of unbranched alkanes of at least 4 members (excludes halogenated alkanes) is 1. The van der Waals surface area contributed by atoms with Gasteiger partial charge in [-0.15, -0.1) is 0 Å². The number of halogens is 4. The Labute approximate surface area is 248 Å². The average Bonchev–Trinajstić information content (AvgIpc) is 3.18. The summed E-state index contributed by atoms with van der Waals surface area (Å²) >= 11 is 25.9. The number of nitrogen functional groups attached to an aromatic ring is 1. The molecule has 2 N–H and O–H groups in total. The molecule has 0 saturated carbocycles. The lowest BCUT2D eigenvalue weighted by atomic mass is 10.1. The second kappa shape index (κ2) is 12.3. The number of hydrogen-bond donors (Lipinski definition) is 1. The summed E-state index contributed by atoms with van der Waals surface area (Å²) in [6.07, 6.45) is 2.98. The van der Waals surface area contributed by atoms with Gasteiger partial charge in [0, 0.05) is 25.3 Å². The average molecular weight is 628 g/mol. The van der Waals surface area contributed by atoms with Crippen LogP contribution in [0, 0.1) is 0 Å². The molecule has 2 heterocycles. The molecule has 0 amide bonds. The van der Waals surface area contributed by atoms with Gasteiger partial charge in [-0.25, -0.2) is 9.59 Å². The molecule has 2 aromatic carbocycles. The van der Waals surface area contributed by atoms with Gasteiger partial charge in [-0.1, -0.05) is 83.6 Å². The minimum absolute atomic E-state index is 0.0451. The summed E-state index contributed by atoms with van der Waals surface area (Å²) in [5, 5.41) is 0.601. The van der Waals surface area contributed by atoms with Crippen molar-refractivity contribution < 1.29 is 23.9 Å². The molecule has 12 heteroatoms. The standard InChI is InChI=1S/C27H22Cl4N2O5S/c1-3-4-9-38-26(35)22-20(32)17(10-13-5-6-14(28)11-18(13)30)21-24(27(36)37-2)39-23(25(34)33(21)22)16-8-7-15(29)12-19(16)31/h5-8,10-12,23H,3-4,9,32H2,1-2H3/b17-10+/t23-/m0/s1. The van der Waals surface area contributed by atoms with E-state index in [0.717, 1.165) is 22.7 Å². The fourth-order valence-corrected chi connectivity index (χ4v) is 6.35. The minimum atomic E-state index is -1.02. The number of benzene rings is 2. The SMILES string of the molecule is CCCCOC(=O)c1c(N)/c(=C\c2ccc(Cl)cc2Cl)c2n1C(=O)[C@H](c1ccc(Cl)cc1Cl)SC=2C(=O)OC. The van der Waals surface area contributed by atoms with Gasteiger partial charge in [-0.05, 0) is 47.9 Å². The molecule has 4 rings (SSSR count). The first-order valence-electron chi connectivity index (χ1n) is 11.7. The number of carbonyl (C=O) groups is 3. The fraction of sp³-hybridized carbons (Fsp3) is 0.222. The fourth-order valence-electron chi connectivity index (χ4n) is 4.04. The number of aromatic nitrogens is 1. The van der Waals surface area contributed by atoms with Crippen LogP contribution < -0.4 is 16.3 Å². The van der Waals surface area contributed by atoms with E-state index in [2.05, 4.69) is 0 Å². The first-order valence-corrected chi connectivity index (χ1v) is 14.1. The van der Waals surface area contributed by atoms with Gasteiger partial charge in [0.1, 0.15) is 10.2 Å². The maximum absolute atomic E-state index is 14.1. The van der Waals surface area contributed by atoms with Crippen LogP contribution in [0.2, 0.25) is 20.1 Å². The van der Waals surface area contributed by atoms with Gasteiger partial charge in [-0.3, -0.25) is 9.36 Å². The number of ether oxygens (including phenoxy) is 2. The van der Waals surface area contributed by atoms with E-state index in [1.54, 1.807) is 30.3 Å². The molecular weight excluding hydrogens is 606 g/mol. The third kappa shape index (κ3) is 5.81. The highest BCUT2D eigenvalue weighted by atomic mass is 35.5. The van der Waals surface area contributed by atoms with Crippen LogP contribution >= 0.6 is 58.2 Å². The Kier molecular flexibility index (Phi) is 9.24. The summed E-state index contributed by atoms with van der Waals surface area (Å²) in [4.78, 5) is 40.5. The van der Waals surface area contributed by atoms with Crippen molar-refractivity contribution in [1.29, 1.82) is 0 Å². The smallest absolute Gasteiger partial charge is 0.357 e. The van der Waals surface area contributed by atoms with E-state index in [4.69, 9.17) is 61.6 Å². The normalized spacial score (nSPS) is 15.3. The zero-order valence-electron chi connectivity index (χ0n) is 20.7. The molecule has 0 saturated heterocycles. The van der Waals surface area contributed by atoms with E-state index in [1.807, 2.05) is 6.92 Å². The van der Waals surface area contributed by atoms with E-state index in [9.17, 15) is 14.4 Å². The van der Waals surface area contributed by atoms with E-state index in [-0.39, 0.29) is 38.5 Å². The largest absolute Gasteiger partial charge is 0.465 e. The molecule has 0 spiro atoms. The zero-order valence-corrected chi connectivity index (χ0v) is 24.6. The van der Waals surface area contributed by atoms with Crippen LogP contribution in [-0.2, 0) is 14.3 Å². The Bertz CT molecular complexity index is 1620. The summed E-state index contributed by atoms with van der Waals surface area (Å²) in [7, 11) is 1.21. The molecule has 1 aromatic heterocycles. The van der Waals surface area contributed by atoms with Crippen LogP contribution in [0.25, 0.3) is 11.0 Å². The van der Waals surface area contributed by atoms with Gasteiger partial charge >= 0.3 is 11.9 Å². The van der Waals surface area contributed by atoms with Gasteiger partial charge in [-0.2, -0.15) is 0 Å². The van der Waals surface area contributed by atoms with Crippen LogP contribution in [0.5, 0.6) is 0 Å². The third-order valence-electron chi connectivity index (χ3n) is 5.95. The van der Waals surface area contributed by atoms with Crippen molar-refractivity contribution in [3.05, 3.63) is 83.9 Å². The number of carbonyl (C=O) groups excluding carboxylic acids is 3. The Balaban J connectivity index is 2.08. The van der Waals surface area contributed by atoms with E-state index in [0.29, 0.717) is 32.6 Å². The van der Waals surface area contributed by atoms with Crippen LogP contribution in [0.3, 0.4) is 0 Å². The number of hydrogen-bond acceptors (Lipinski definition) is 7. The molecule has 1 aliphatic heterocycles. The molecular formula is C27H22Cl4N2O5S. The van der Waals surface area contributed by atoms with Crippen molar-refractivity contribution in [3.8, 4) is 0 Å². The molecule has 1 aliphatic rings. The Hall–Kier alpha value is -2.62. The summed E-state index contributed by atoms with van der Waals surface area (Å²) < 4.78 is 11.6. The zero-order chi connectivity index (χ0) is 28.4. The lowest BCUT2D eigenvalue weighted by Gasteiger charge is -2.24. The number of nitrogens with zero attached hydrogens (tertiary/aromatic N) is 1. The quantitative estimate of drug-likeness (QED) is 0.258. The van der Waals surface area contributed by atoms with E-state index in [1.165, 1.54) is 19.2 Å². The molecule has 0 radical (unpaired) electrons. The topological polar surface area (TPSA) is 101 Å². The molecule has 204 valence electrons. The first-order chi connectivity index (χ1) is 18.6. The van der Waals surface area contributed by atoms with Crippen LogP contribution in [0.15, 0.2) is 36.4 Å². The first kappa shape index (κ1) is 29.4. The van der Waals surface area contributed by atoms with Crippen molar-refractivity contribution in [2.75, 3.05) is 19.5 Å². The third-order valence-corrected chi connectivity index (χ3v) is 8.36. The lowest BCUT2D eigenvalue weighted by Crippen LogP contribution is -2.42. The van der Waals surface area contributed by atoms with E-state index >= 15 is 0 Å². The Morgan fingerprint density at radius 1 is 1.05 bits per heavy atom. The lowest BCUT2D eigenvalue weighted by molar-refractivity contribution is -0.133. The van der Waals surface area contributed by atoms with Gasteiger partial charge in [0.05, 0.1) is 24.8 Å². The molecule has 0 unspecified atom stereocenters. The van der Waals surface area contributed by atoms with Crippen molar-refractivity contribution in [2.24, 2.45) is 0 Å². The van der Waals surface area contributed by atoms with Gasteiger partial charge in [0.2, 0.25) is 5.91 Å². The van der Waals surface area contributed by atoms with Crippen molar-refractivity contribution in [3.63, 3.8) is 0 Å². The van der Waals surface area contributed by atoms with Crippen LogP contribution in [-0.4, -0.2) is 36.1 Å². The number of esters is 2. The van der Waals surface area contributed by atoms with Crippen molar-refractivity contribution >= 4 is 92.7 Å². The molecule has 0 bridgehead atoms.